The quantitative estimate of drug-likeness (QED) is 0.836. The summed E-state index contributed by atoms with van der Waals surface area (Å²) < 4.78 is 6.30. The van der Waals surface area contributed by atoms with Gasteiger partial charge in [-0.25, -0.2) is 0 Å². The van der Waals surface area contributed by atoms with Gasteiger partial charge in [0.1, 0.15) is 11.9 Å². The molecule has 1 aliphatic carbocycles. The first-order chi connectivity index (χ1) is 10.4. The predicted octanol–water partition coefficient (Wildman–Crippen LogP) is 4.85. The summed E-state index contributed by atoms with van der Waals surface area (Å²) >= 11 is 0. The maximum absolute atomic E-state index is 6.30. The van der Waals surface area contributed by atoms with Gasteiger partial charge in [0, 0.05) is 18.0 Å². The van der Waals surface area contributed by atoms with Gasteiger partial charge in [-0.1, -0.05) is 57.2 Å². The maximum Gasteiger partial charge on any atom is 0.124 e. The van der Waals surface area contributed by atoms with Crippen LogP contribution in [0.2, 0.25) is 0 Å². The van der Waals surface area contributed by atoms with Crippen LogP contribution >= 0.6 is 0 Å². The molecule has 21 heavy (non-hydrogen) atoms. The molecule has 0 spiro atoms. The number of benzene rings is 1. The van der Waals surface area contributed by atoms with Crippen LogP contribution in [-0.2, 0) is 0 Å². The SMILES string of the molecule is CCCNC1CC(CC2CCCCC2)Oc2ccccc21. The molecule has 1 heterocycles. The summed E-state index contributed by atoms with van der Waals surface area (Å²) in [5.41, 5.74) is 1.35. The zero-order chi connectivity index (χ0) is 14.5. The molecule has 1 fully saturated rings. The van der Waals surface area contributed by atoms with E-state index in [0.717, 1.165) is 24.6 Å². The fourth-order valence-corrected chi connectivity index (χ4v) is 3.94. The Hall–Kier alpha value is -1.02. The van der Waals surface area contributed by atoms with Gasteiger partial charge in [-0.2, -0.15) is 0 Å². The van der Waals surface area contributed by atoms with E-state index in [-0.39, 0.29) is 0 Å². The Morgan fingerprint density at radius 3 is 2.76 bits per heavy atom. The van der Waals surface area contributed by atoms with Crippen LogP contribution in [0.5, 0.6) is 5.75 Å². The number of para-hydroxylation sites is 1. The standard InChI is InChI=1S/C19H29NO/c1-2-12-20-18-14-16(13-15-8-4-3-5-9-15)21-19-11-7-6-10-17(18)19/h6-7,10-11,15-16,18,20H,2-5,8-9,12-14H2,1H3. The predicted molar refractivity (Wildman–Crippen MR) is 87.7 cm³/mol. The van der Waals surface area contributed by atoms with Crippen molar-refractivity contribution in [3.05, 3.63) is 29.8 Å². The summed E-state index contributed by atoms with van der Waals surface area (Å²) in [5.74, 6) is 2.00. The lowest BCUT2D eigenvalue weighted by atomic mass is 9.83. The van der Waals surface area contributed by atoms with Crippen LogP contribution in [0.25, 0.3) is 0 Å². The highest BCUT2D eigenvalue weighted by Crippen LogP contribution is 2.38. The van der Waals surface area contributed by atoms with E-state index < -0.39 is 0 Å². The number of hydrogen-bond acceptors (Lipinski definition) is 2. The minimum absolute atomic E-state index is 0.400. The van der Waals surface area contributed by atoms with Crippen LogP contribution in [0.3, 0.4) is 0 Å². The molecule has 2 aliphatic rings. The largest absolute Gasteiger partial charge is 0.490 e. The normalized spacial score (nSPS) is 26.1. The summed E-state index contributed by atoms with van der Waals surface area (Å²) in [5, 5.41) is 3.71. The van der Waals surface area contributed by atoms with Crippen LogP contribution in [0.15, 0.2) is 24.3 Å². The Kier molecular flexibility index (Phi) is 5.18. The van der Waals surface area contributed by atoms with Crippen LogP contribution < -0.4 is 10.1 Å². The Morgan fingerprint density at radius 2 is 1.95 bits per heavy atom. The van der Waals surface area contributed by atoms with Gasteiger partial charge in [0.25, 0.3) is 0 Å². The number of nitrogens with one attached hydrogen (secondary N) is 1. The monoisotopic (exact) mass is 287 g/mol. The van der Waals surface area contributed by atoms with E-state index in [4.69, 9.17) is 4.74 Å². The van der Waals surface area contributed by atoms with Gasteiger partial charge >= 0.3 is 0 Å². The Morgan fingerprint density at radius 1 is 1.14 bits per heavy atom. The fourth-order valence-electron chi connectivity index (χ4n) is 3.94. The van der Waals surface area contributed by atoms with Gasteiger partial charge in [0.05, 0.1) is 0 Å². The molecule has 0 bridgehead atoms. The first kappa shape index (κ1) is 14.9. The molecule has 2 unspecified atom stereocenters. The fraction of sp³-hybridized carbons (Fsp3) is 0.684. The molecule has 1 saturated carbocycles. The maximum atomic E-state index is 6.30. The second kappa shape index (κ2) is 7.31. The lowest BCUT2D eigenvalue weighted by Gasteiger charge is -2.35. The molecular formula is C19H29NO. The van der Waals surface area contributed by atoms with Gasteiger partial charge in [-0.3, -0.25) is 0 Å². The summed E-state index contributed by atoms with van der Waals surface area (Å²) in [6.07, 6.45) is 11.1. The third-order valence-electron chi connectivity index (χ3n) is 5.05. The van der Waals surface area contributed by atoms with Crippen molar-refractivity contribution < 1.29 is 4.74 Å². The molecule has 1 aromatic rings. The molecule has 116 valence electrons. The molecule has 1 N–H and O–H groups in total. The van der Waals surface area contributed by atoms with Crippen molar-refractivity contribution in [1.82, 2.24) is 5.32 Å². The van der Waals surface area contributed by atoms with Crippen molar-refractivity contribution in [3.8, 4) is 5.75 Å². The summed E-state index contributed by atoms with van der Waals surface area (Å²) in [6.45, 7) is 3.33. The molecule has 0 amide bonds. The highest BCUT2D eigenvalue weighted by Gasteiger charge is 2.29. The van der Waals surface area contributed by atoms with Crippen molar-refractivity contribution in [1.29, 1.82) is 0 Å². The zero-order valence-corrected chi connectivity index (χ0v) is 13.3. The highest BCUT2D eigenvalue weighted by molar-refractivity contribution is 5.37. The van der Waals surface area contributed by atoms with Gasteiger partial charge in [-0.15, -0.1) is 0 Å². The van der Waals surface area contributed by atoms with Crippen molar-refractivity contribution in [2.75, 3.05) is 6.54 Å². The molecular weight excluding hydrogens is 258 g/mol. The number of ether oxygens (including phenoxy) is 1. The number of rotatable bonds is 5. The minimum Gasteiger partial charge on any atom is -0.490 e. The van der Waals surface area contributed by atoms with E-state index in [1.807, 2.05) is 0 Å². The van der Waals surface area contributed by atoms with Crippen molar-refractivity contribution in [2.45, 2.75) is 70.4 Å². The molecule has 2 nitrogen and oxygen atoms in total. The van der Waals surface area contributed by atoms with Crippen LogP contribution in [-0.4, -0.2) is 12.6 Å². The Labute approximate surface area is 129 Å². The number of hydrogen-bond donors (Lipinski definition) is 1. The molecule has 1 aromatic carbocycles. The van der Waals surface area contributed by atoms with E-state index in [9.17, 15) is 0 Å². The average Bonchev–Trinajstić information content (AvgIpc) is 2.53. The first-order valence-electron chi connectivity index (χ1n) is 8.85. The van der Waals surface area contributed by atoms with Crippen molar-refractivity contribution in [3.63, 3.8) is 0 Å². The van der Waals surface area contributed by atoms with Gasteiger partial charge in [-0.05, 0) is 31.4 Å². The topological polar surface area (TPSA) is 21.3 Å². The highest BCUT2D eigenvalue weighted by atomic mass is 16.5. The molecule has 2 heteroatoms. The molecule has 0 aromatic heterocycles. The molecule has 0 saturated heterocycles. The smallest absolute Gasteiger partial charge is 0.124 e. The van der Waals surface area contributed by atoms with E-state index in [1.165, 1.54) is 50.5 Å². The summed E-state index contributed by atoms with van der Waals surface area (Å²) in [7, 11) is 0. The van der Waals surface area contributed by atoms with Crippen molar-refractivity contribution in [2.24, 2.45) is 5.92 Å². The van der Waals surface area contributed by atoms with Gasteiger partial charge in [0.15, 0.2) is 0 Å². The summed E-state index contributed by atoms with van der Waals surface area (Å²) in [6, 6.07) is 9.06. The Balaban J connectivity index is 1.67. The van der Waals surface area contributed by atoms with E-state index >= 15 is 0 Å². The Bertz CT molecular complexity index is 439. The molecule has 2 atom stereocenters. The molecule has 1 aliphatic heterocycles. The minimum atomic E-state index is 0.400. The van der Waals surface area contributed by atoms with Gasteiger partial charge < -0.3 is 10.1 Å². The first-order valence-corrected chi connectivity index (χ1v) is 8.85. The zero-order valence-electron chi connectivity index (χ0n) is 13.3. The average molecular weight is 287 g/mol. The molecule has 3 rings (SSSR count). The van der Waals surface area contributed by atoms with Crippen LogP contribution in [0.1, 0.15) is 69.9 Å². The third-order valence-corrected chi connectivity index (χ3v) is 5.05. The molecule has 0 radical (unpaired) electrons. The van der Waals surface area contributed by atoms with E-state index in [1.54, 1.807) is 0 Å². The van der Waals surface area contributed by atoms with Crippen molar-refractivity contribution >= 4 is 0 Å². The lowest BCUT2D eigenvalue weighted by Crippen LogP contribution is -2.34. The van der Waals surface area contributed by atoms with Gasteiger partial charge in [0.2, 0.25) is 0 Å². The van der Waals surface area contributed by atoms with Crippen LogP contribution in [0, 0.1) is 5.92 Å². The third kappa shape index (κ3) is 3.79. The van der Waals surface area contributed by atoms with E-state index in [0.29, 0.717) is 12.1 Å². The summed E-state index contributed by atoms with van der Waals surface area (Å²) in [4.78, 5) is 0. The second-order valence-corrected chi connectivity index (χ2v) is 6.76. The number of fused-ring (bicyclic) bond motifs is 1. The van der Waals surface area contributed by atoms with E-state index in [2.05, 4.69) is 36.5 Å². The second-order valence-electron chi connectivity index (χ2n) is 6.76. The lowest BCUT2D eigenvalue weighted by molar-refractivity contribution is 0.113. The van der Waals surface area contributed by atoms with Crippen LogP contribution in [0.4, 0.5) is 0 Å².